The molecule has 1 amide bonds. The lowest BCUT2D eigenvalue weighted by molar-refractivity contribution is -0.120. The number of sulfone groups is 1. The second-order valence-electron chi connectivity index (χ2n) is 4.89. The third kappa shape index (κ3) is 5.82. The first-order valence-electron chi connectivity index (χ1n) is 6.80. The van der Waals surface area contributed by atoms with Gasteiger partial charge in [-0.1, -0.05) is 12.1 Å². The zero-order valence-corrected chi connectivity index (χ0v) is 13.3. The number of hydrogen-bond donors (Lipinski definition) is 2. The molecule has 0 spiro atoms. The minimum atomic E-state index is -3.31. The number of benzene rings is 1. The molecule has 0 aromatic heterocycles. The van der Waals surface area contributed by atoms with E-state index < -0.39 is 9.84 Å². The summed E-state index contributed by atoms with van der Waals surface area (Å²) in [6.07, 6.45) is 0.359. The first-order chi connectivity index (χ1) is 9.89. The Bertz CT molecular complexity index is 555. The van der Waals surface area contributed by atoms with Crippen molar-refractivity contribution in [3.05, 3.63) is 29.8 Å². The Morgan fingerprint density at radius 3 is 2.38 bits per heavy atom. The van der Waals surface area contributed by atoms with Gasteiger partial charge in [-0.3, -0.25) is 4.79 Å². The van der Waals surface area contributed by atoms with E-state index in [0.29, 0.717) is 31.0 Å². The van der Waals surface area contributed by atoms with Gasteiger partial charge in [-0.05, 0) is 24.7 Å². The predicted octanol–water partition coefficient (Wildman–Crippen LogP) is -0.0131. The van der Waals surface area contributed by atoms with Crippen LogP contribution in [0.15, 0.2) is 29.2 Å². The van der Waals surface area contributed by atoms with Crippen molar-refractivity contribution in [3.8, 4) is 0 Å². The lowest BCUT2D eigenvalue weighted by atomic mass is 10.2. The molecule has 0 heterocycles. The van der Waals surface area contributed by atoms with Crippen LogP contribution in [-0.2, 0) is 21.2 Å². The fraction of sp³-hybridized carbons (Fsp3) is 0.500. The van der Waals surface area contributed by atoms with Crippen LogP contribution in [0, 0.1) is 0 Å². The molecule has 0 saturated carbocycles. The van der Waals surface area contributed by atoms with E-state index in [1.807, 2.05) is 4.90 Å². The second-order valence-corrected chi connectivity index (χ2v) is 7.00. The number of nitrogens with one attached hydrogen (secondary N) is 1. The molecular weight excluding hydrogens is 290 g/mol. The van der Waals surface area contributed by atoms with Crippen LogP contribution >= 0.6 is 0 Å². The summed E-state index contributed by atoms with van der Waals surface area (Å²) in [4.78, 5) is 13.3. The summed E-state index contributed by atoms with van der Waals surface area (Å²) in [5.41, 5.74) is 6.39. The summed E-state index contributed by atoms with van der Waals surface area (Å²) >= 11 is 0. The van der Waals surface area contributed by atoms with Crippen LogP contribution < -0.4 is 11.1 Å². The van der Waals surface area contributed by atoms with E-state index >= 15 is 0 Å². The summed E-state index contributed by atoms with van der Waals surface area (Å²) in [5, 5.41) is 2.54. The molecular formula is C14H23N3O3S. The van der Waals surface area contributed by atoms with Crippen LogP contribution in [0.2, 0.25) is 0 Å². The van der Waals surface area contributed by atoms with Crippen molar-refractivity contribution in [1.29, 1.82) is 0 Å². The Labute approximate surface area is 126 Å². The zero-order valence-electron chi connectivity index (χ0n) is 12.5. The number of hydrogen-bond acceptors (Lipinski definition) is 5. The van der Waals surface area contributed by atoms with E-state index in [4.69, 9.17) is 5.73 Å². The standard InChI is InChI=1S/C14H23N3O3S/c1-16-14(18)7-8-17(2)9-10-21(19,20)13-5-3-12(11-15)4-6-13/h3-6H,7-11,15H2,1-2H3,(H,16,18). The normalized spacial score (nSPS) is 11.6. The van der Waals surface area contributed by atoms with E-state index in [1.54, 1.807) is 38.4 Å². The van der Waals surface area contributed by atoms with Crippen molar-refractivity contribution in [1.82, 2.24) is 10.2 Å². The Morgan fingerprint density at radius 1 is 1.24 bits per heavy atom. The number of amides is 1. The van der Waals surface area contributed by atoms with Gasteiger partial charge < -0.3 is 16.0 Å². The molecule has 0 bridgehead atoms. The summed E-state index contributed by atoms with van der Waals surface area (Å²) in [6, 6.07) is 6.62. The Balaban J connectivity index is 2.53. The van der Waals surface area contributed by atoms with Crippen LogP contribution in [0.3, 0.4) is 0 Å². The number of nitrogens with two attached hydrogens (primary N) is 1. The van der Waals surface area contributed by atoms with Gasteiger partial charge in [0.1, 0.15) is 0 Å². The zero-order chi connectivity index (χ0) is 15.9. The summed E-state index contributed by atoms with van der Waals surface area (Å²) < 4.78 is 24.4. The minimum Gasteiger partial charge on any atom is -0.359 e. The smallest absolute Gasteiger partial charge is 0.221 e. The molecule has 0 aliphatic carbocycles. The summed E-state index contributed by atoms with van der Waals surface area (Å²) in [6.45, 7) is 1.31. The van der Waals surface area contributed by atoms with E-state index in [9.17, 15) is 13.2 Å². The minimum absolute atomic E-state index is 0.0270. The highest BCUT2D eigenvalue weighted by molar-refractivity contribution is 7.91. The van der Waals surface area contributed by atoms with Gasteiger partial charge in [-0.2, -0.15) is 0 Å². The highest BCUT2D eigenvalue weighted by atomic mass is 32.2. The average molecular weight is 313 g/mol. The van der Waals surface area contributed by atoms with E-state index in [1.165, 1.54) is 0 Å². The van der Waals surface area contributed by atoms with Crippen molar-refractivity contribution in [2.45, 2.75) is 17.9 Å². The van der Waals surface area contributed by atoms with Gasteiger partial charge >= 0.3 is 0 Å². The fourth-order valence-corrected chi connectivity index (χ4v) is 3.09. The molecule has 0 aliphatic rings. The summed E-state index contributed by atoms with van der Waals surface area (Å²) in [5.74, 6) is -0.0266. The summed E-state index contributed by atoms with van der Waals surface area (Å²) in [7, 11) is 0.0752. The molecule has 0 fully saturated rings. The van der Waals surface area contributed by atoms with Gasteiger partial charge in [-0.15, -0.1) is 0 Å². The molecule has 7 heteroatoms. The Kier molecular flexibility index (Phi) is 6.80. The second kappa shape index (κ2) is 8.11. The average Bonchev–Trinajstić information content (AvgIpc) is 2.50. The van der Waals surface area contributed by atoms with Gasteiger partial charge in [-0.25, -0.2) is 8.42 Å². The third-order valence-electron chi connectivity index (χ3n) is 3.26. The van der Waals surface area contributed by atoms with Crippen molar-refractivity contribution in [3.63, 3.8) is 0 Å². The monoisotopic (exact) mass is 313 g/mol. The van der Waals surface area contributed by atoms with Gasteiger partial charge in [0.15, 0.2) is 9.84 Å². The van der Waals surface area contributed by atoms with Crippen LogP contribution in [0.5, 0.6) is 0 Å². The predicted molar refractivity (Wildman–Crippen MR) is 82.6 cm³/mol. The highest BCUT2D eigenvalue weighted by Gasteiger charge is 2.15. The van der Waals surface area contributed by atoms with Gasteiger partial charge in [0.05, 0.1) is 10.6 Å². The molecule has 3 N–H and O–H groups in total. The molecule has 0 atom stereocenters. The first-order valence-corrected chi connectivity index (χ1v) is 8.45. The Morgan fingerprint density at radius 2 is 1.86 bits per heavy atom. The molecule has 0 aliphatic heterocycles. The fourth-order valence-electron chi connectivity index (χ4n) is 1.76. The molecule has 118 valence electrons. The third-order valence-corrected chi connectivity index (χ3v) is 4.97. The van der Waals surface area contributed by atoms with E-state index in [2.05, 4.69) is 5.32 Å². The molecule has 1 aromatic carbocycles. The number of rotatable bonds is 8. The van der Waals surface area contributed by atoms with Crippen LogP contribution in [-0.4, -0.2) is 52.2 Å². The molecule has 1 rings (SSSR count). The lowest BCUT2D eigenvalue weighted by Gasteiger charge is -2.16. The van der Waals surface area contributed by atoms with Crippen LogP contribution in [0.1, 0.15) is 12.0 Å². The van der Waals surface area contributed by atoms with Crippen molar-refractivity contribution < 1.29 is 13.2 Å². The van der Waals surface area contributed by atoms with Crippen molar-refractivity contribution in [2.24, 2.45) is 5.73 Å². The largest absolute Gasteiger partial charge is 0.359 e. The SMILES string of the molecule is CNC(=O)CCN(C)CCS(=O)(=O)c1ccc(CN)cc1. The maximum atomic E-state index is 12.2. The Hall–Kier alpha value is -1.44. The number of carbonyl (C=O) groups excluding carboxylic acids is 1. The van der Waals surface area contributed by atoms with Crippen molar-refractivity contribution in [2.75, 3.05) is 32.9 Å². The quantitative estimate of drug-likeness (QED) is 0.704. The maximum Gasteiger partial charge on any atom is 0.221 e. The van der Waals surface area contributed by atoms with Crippen LogP contribution in [0.25, 0.3) is 0 Å². The van der Waals surface area contributed by atoms with Gasteiger partial charge in [0.25, 0.3) is 0 Å². The van der Waals surface area contributed by atoms with Crippen molar-refractivity contribution >= 4 is 15.7 Å². The molecule has 6 nitrogen and oxygen atoms in total. The van der Waals surface area contributed by atoms with E-state index in [-0.39, 0.29) is 11.7 Å². The molecule has 0 unspecified atom stereocenters. The molecule has 1 aromatic rings. The maximum absolute atomic E-state index is 12.2. The highest BCUT2D eigenvalue weighted by Crippen LogP contribution is 2.12. The molecule has 0 radical (unpaired) electrons. The van der Waals surface area contributed by atoms with Gasteiger partial charge in [0, 0.05) is 33.1 Å². The number of carbonyl (C=O) groups is 1. The van der Waals surface area contributed by atoms with E-state index in [0.717, 1.165) is 5.56 Å². The first kappa shape index (κ1) is 17.6. The number of nitrogens with zero attached hydrogens (tertiary/aromatic N) is 1. The van der Waals surface area contributed by atoms with Crippen LogP contribution in [0.4, 0.5) is 0 Å². The lowest BCUT2D eigenvalue weighted by Crippen LogP contribution is -2.30. The topological polar surface area (TPSA) is 92.5 Å². The van der Waals surface area contributed by atoms with Gasteiger partial charge in [0.2, 0.25) is 5.91 Å². The molecule has 21 heavy (non-hydrogen) atoms. The molecule has 0 saturated heterocycles.